The summed E-state index contributed by atoms with van der Waals surface area (Å²) >= 11 is 0. The fourth-order valence-corrected chi connectivity index (χ4v) is 3.17. The van der Waals surface area contributed by atoms with E-state index in [9.17, 15) is 0 Å². The topological polar surface area (TPSA) is 56.4 Å². The fourth-order valence-electron chi connectivity index (χ4n) is 3.17. The number of hydrogen-bond acceptors (Lipinski definition) is 4. The number of nitrogens with one attached hydrogen (secondary N) is 1. The van der Waals surface area contributed by atoms with Gasteiger partial charge in [-0.1, -0.05) is 0 Å². The number of H-pyrrole nitrogens is 1. The number of benzene rings is 1. The number of pyridine rings is 1. The Labute approximate surface area is 140 Å². The summed E-state index contributed by atoms with van der Waals surface area (Å²) in [7, 11) is 1.67. The molecule has 0 amide bonds. The second kappa shape index (κ2) is 6.32. The maximum Gasteiger partial charge on any atom is 0.163 e. The van der Waals surface area contributed by atoms with Gasteiger partial charge in [0, 0.05) is 41.1 Å². The van der Waals surface area contributed by atoms with Crippen molar-refractivity contribution in [2.75, 3.05) is 26.9 Å². The number of methoxy groups -OCH3 is 1. The molecule has 2 aromatic heterocycles. The summed E-state index contributed by atoms with van der Waals surface area (Å²) in [4.78, 5) is 8.12. The van der Waals surface area contributed by atoms with Crippen LogP contribution >= 0.6 is 0 Å². The van der Waals surface area contributed by atoms with Crippen LogP contribution < -0.4 is 9.47 Å². The Kier molecular flexibility index (Phi) is 4.02. The number of aromatic amines is 1. The molecule has 24 heavy (non-hydrogen) atoms. The van der Waals surface area contributed by atoms with E-state index in [4.69, 9.17) is 14.2 Å². The van der Waals surface area contributed by atoms with Crippen LogP contribution in [0.2, 0.25) is 0 Å². The Morgan fingerprint density at radius 1 is 1.17 bits per heavy atom. The van der Waals surface area contributed by atoms with E-state index in [1.54, 1.807) is 7.11 Å². The summed E-state index contributed by atoms with van der Waals surface area (Å²) in [6.07, 6.45) is 4.35. The Morgan fingerprint density at radius 3 is 2.79 bits per heavy atom. The maximum atomic E-state index is 5.84. The third-order valence-electron chi connectivity index (χ3n) is 4.48. The van der Waals surface area contributed by atoms with E-state index in [1.807, 2.05) is 25.3 Å². The highest BCUT2D eigenvalue weighted by molar-refractivity contribution is 6.09. The molecule has 0 saturated heterocycles. The number of nitrogens with zero attached hydrogens (tertiary/aromatic N) is 1. The molecule has 126 valence electrons. The zero-order chi connectivity index (χ0) is 16.5. The quantitative estimate of drug-likeness (QED) is 0.666. The monoisotopic (exact) mass is 326 g/mol. The molecule has 5 nitrogen and oxygen atoms in total. The molecule has 1 N–H and O–H groups in total. The van der Waals surface area contributed by atoms with E-state index in [2.05, 4.69) is 16.0 Å². The Balaban J connectivity index is 1.77. The molecule has 0 radical (unpaired) electrons. The van der Waals surface area contributed by atoms with E-state index in [1.165, 1.54) is 23.9 Å². The number of ether oxygens (including phenoxy) is 3. The van der Waals surface area contributed by atoms with Crippen molar-refractivity contribution >= 4 is 21.8 Å². The average molecular weight is 326 g/mol. The summed E-state index contributed by atoms with van der Waals surface area (Å²) in [5, 5.41) is 2.36. The van der Waals surface area contributed by atoms with Crippen LogP contribution in [0.1, 0.15) is 31.4 Å². The molecular weight excluding hydrogens is 304 g/mol. The number of hydrogen-bond donors (Lipinski definition) is 1. The summed E-state index contributed by atoms with van der Waals surface area (Å²) < 4.78 is 16.7. The molecule has 1 aromatic carbocycles. The van der Waals surface area contributed by atoms with Gasteiger partial charge in [0.15, 0.2) is 11.5 Å². The fraction of sp³-hybridized carbons (Fsp3) is 0.421. The lowest BCUT2D eigenvalue weighted by Crippen LogP contribution is -2.07. The van der Waals surface area contributed by atoms with Gasteiger partial charge in [-0.15, -0.1) is 0 Å². The van der Waals surface area contributed by atoms with Crippen molar-refractivity contribution < 1.29 is 14.2 Å². The molecule has 1 saturated carbocycles. The van der Waals surface area contributed by atoms with Gasteiger partial charge in [0.25, 0.3) is 0 Å². The van der Waals surface area contributed by atoms with E-state index < -0.39 is 0 Å². The molecular formula is C19H22N2O3. The molecule has 1 fully saturated rings. The average Bonchev–Trinajstić information content (AvgIpc) is 3.38. The van der Waals surface area contributed by atoms with Crippen molar-refractivity contribution in [3.63, 3.8) is 0 Å². The van der Waals surface area contributed by atoms with Crippen LogP contribution in [0.3, 0.4) is 0 Å². The first-order chi connectivity index (χ1) is 11.8. The zero-order valence-electron chi connectivity index (χ0n) is 14.1. The molecule has 0 spiro atoms. The Bertz CT molecular complexity index is 868. The van der Waals surface area contributed by atoms with E-state index in [0.717, 1.165) is 27.9 Å². The van der Waals surface area contributed by atoms with Crippen molar-refractivity contribution in [2.24, 2.45) is 0 Å². The van der Waals surface area contributed by atoms with Crippen molar-refractivity contribution in [1.82, 2.24) is 9.97 Å². The summed E-state index contributed by atoms with van der Waals surface area (Å²) in [6.45, 7) is 3.74. The Morgan fingerprint density at radius 2 is 2.04 bits per heavy atom. The molecule has 5 heteroatoms. The summed E-state index contributed by atoms with van der Waals surface area (Å²) in [5.74, 6) is 2.07. The lowest BCUT2D eigenvalue weighted by molar-refractivity contribution is 0.109. The normalized spacial score (nSPS) is 14.4. The zero-order valence-corrected chi connectivity index (χ0v) is 14.1. The second-order valence-electron chi connectivity index (χ2n) is 6.11. The first-order valence-corrected chi connectivity index (χ1v) is 8.50. The number of fused-ring (bicyclic) bond motifs is 3. The van der Waals surface area contributed by atoms with Gasteiger partial charge in [0.05, 0.1) is 24.9 Å². The van der Waals surface area contributed by atoms with Crippen LogP contribution in [0.25, 0.3) is 21.8 Å². The SMILES string of the molecule is CCOCCOc1cc2[nH]c3ccnc(C4CC4)c3c2cc1OC. The molecule has 0 aliphatic heterocycles. The Hall–Kier alpha value is -2.27. The van der Waals surface area contributed by atoms with Crippen LogP contribution in [0, 0.1) is 0 Å². The van der Waals surface area contributed by atoms with Crippen LogP contribution in [-0.2, 0) is 4.74 Å². The van der Waals surface area contributed by atoms with Gasteiger partial charge in [-0.3, -0.25) is 4.98 Å². The van der Waals surface area contributed by atoms with Crippen molar-refractivity contribution in [3.05, 3.63) is 30.1 Å². The molecule has 2 heterocycles. The van der Waals surface area contributed by atoms with E-state index in [-0.39, 0.29) is 0 Å². The molecule has 0 atom stereocenters. The molecule has 4 rings (SSSR count). The maximum absolute atomic E-state index is 5.84. The van der Waals surface area contributed by atoms with Gasteiger partial charge in [0.1, 0.15) is 6.61 Å². The van der Waals surface area contributed by atoms with Crippen molar-refractivity contribution in [1.29, 1.82) is 0 Å². The van der Waals surface area contributed by atoms with Crippen molar-refractivity contribution in [2.45, 2.75) is 25.7 Å². The minimum Gasteiger partial charge on any atom is -0.493 e. The highest BCUT2D eigenvalue weighted by Crippen LogP contribution is 2.45. The van der Waals surface area contributed by atoms with Gasteiger partial charge < -0.3 is 19.2 Å². The highest BCUT2D eigenvalue weighted by atomic mass is 16.5. The predicted molar refractivity (Wildman–Crippen MR) is 94.1 cm³/mol. The second-order valence-corrected chi connectivity index (χ2v) is 6.11. The summed E-state index contributed by atoms with van der Waals surface area (Å²) in [5.41, 5.74) is 3.37. The molecule has 0 bridgehead atoms. The third-order valence-corrected chi connectivity index (χ3v) is 4.48. The van der Waals surface area contributed by atoms with Gasteiger partial charge in [-0.05, 0) is 31.9 Å². The van der Waals surface area contributed by atoms with E-state index >= 15 is 0 Å². The highest BCUT2D eigenvalue weighted by Gasteiger charge is 2.28. The lowest BCUT2D eigenvalue weighted by atomic mass is 10.1. The third kappa shape index (κ3) is 2.69. The van der Waals surface area contributed by atoms with Crippen LogP contribution in [0.5, 0.6) is 11.5 Å². The molecule has 1 aliphatic carbocycles. The van der Waals surface area contributed by atoms with Gasteiger partial charge in [-0.2, -0.15) is 0 Å². The number of aromatic nitrogens is 2. The van der Waals surface area contributed by atoms with Gasteiger partial charge in [0.2, 0.25) is 0 Å². The molecule has 1 aliphatic rings. The predicted octanol–water partition coefficient (Wildman–Crippen LogP) is 4.02. The summed E-state index contributed by atoms with van der Waals surface area (Å²) in [6, 6.07) is 6.10. The van der Waals surface area contributed by atoms with Crippen molar-refractivity contribution in [3.8, 4) is 11.5 Å². The number of rotatable bonds is 7. The van der Waals surface area contributed by atoms with Crippen LogP contribution in [-0.4, -0.2) is 36.9 Å². The molecule has 3 aromatic rings. The van der Waals surface area contributed by atoms with Gasteiger partial charge >= 0.3 is 0 Å². The minimum absolute atomic E-state index is 0.505. The van der Waals surface area contributed by atoms with Gasteiger partial charge in [-0.25, -0.2) is 0 Å². The largest absolute Gasteiger partial charge is 0.493 e. The lowest BCUT2D eigenvalue weighted by Gasteiger charge is -2.11. The standard InChI is InChI=1S/C19H22N2O3/c1-3-23-8-9-24-17-11-15-13(10-16(17)22-2)18-14(21-15)6-7-20-19(18)12-4-5-12/h6-7,10-12,21H,3-5,8-9H2,1-2H3. The smallest absolute Gasteiger partial charge is 0.163 e. The van der Waals surface area contributed by atoms with Crippen LogP contribution in [0.4, 0.5) is 0 Å². The van der Waals surface area contributed by atoms with Crippen LogP contribution in [0.15, 0.2) is 24.4 Å². The van der Waals surface area contributed by atoms with E-state index in [0.29, 0.717) is 25.7 Å². The minimum atomic E-state index is 0.505. The first-order valence-electron chi connectivity index (χ1n) is 8.50. The molecule has 0 unspecified atom stereocenters. The first kappa shape index (κ1) is 15.3.